The third-order valence-electron chi connectivity index (χ3n) is 4.54. The molecule has 1 aromatic heterocycles. The van der Waals surface area contributed by atoms with Gasteiger partial charge in [-0.05, 0) is 49.6 Å². The monoisotopic (exact) mass is 344 g/mol. The molecular formula is C21H20N4O. The highest BCUT2D eigenvalue weighted by atomic mass is 16.2. The van der Waals surface area contributed by atoms with Gasteiger partial charge in [-0.1, -0.05) is 35.9 Å². The first kappa shape index (κ1) is 16.3. The molecule has 0 aliphatic carbocycles. The lowest BCUT2D eigenvalue weighted by Crippen LogP contribution is -2.36. The van der Waals surface area contributed by atoms with E-state index in [2.05, 4.69) is 21.4 Å². The predicted octanol–water partition coefficient (Wildman–Crippen LogP) is 4.12. The van der Waals surface area contributed by atoms with E-state index in [1.807, 2.05) is 54.3 Å². The Morgan fingerprint density at radius 3 is 2.73 bits per heavy atom. The van der Waals surface area contributed by atoms with Crippen molar-refractivity contribution < 1.29 is 4.79 Å². The Kier molecular flexibility index (Phi) is 4.35. The van der Waals surface area contributed by atoms with Crippen LogP contribution in [0.1, 0.15) is 28.0 Å². The SMILES string of the molecule is Cc1ccc(Nc2nccc(C(=O)N3CCCc4ccccc43)n2)cc1. The van der Waals surface area contributed by atoms with Gasteiger partial charge in [0.15, 0.2) is 0 Å². The summed E-state index contributed by atoms with van der Waals surface area (Å²) in [7, 11) is 0. The average molecular weight is 344 g/mol. The van der Waals surface area contributed by atoms with Gasteiger partial charge in [0.1, 0.15) is 5.69 Å². The molecule has 0 radical (unpaired) electrons. The standard InChI is InChI=1S/C21H20N4O/c1-15-8-10-17(11-9-15)23-21-22-13-12-18(24-21)20(26)25-14-4-6-16-5-2-3-7-19(16)25/h2-3,5,7-13H,4,6,14H2,1H3,(H,22,23,24). The van der Waals surface area contributed by atoms with E-state index in [9.17, 15) is 4.79 Å². The second-order valence-corrected chi connectivity index (χ2v) is 6.45. The Morgan fingerprint density at radius 2 is 1.88 bits per heavy atom. The lowest BCUT2D eigenvalue weighted by molar-refractivity contribution is 0.0980. The molecule has 1 N–H and O–H groups in total. The molecule has 0 bridgehead atoms. The maximum absolute atomic E-state index is 13.0. The van der Waals surface area contributed by atoms with Gasteiger partial charge in [0, 0.05) is 24.1 Å². The minimum Gasteiger partial charge on any atom is -0.324 e. The van der Waals surface area contributed by atoms with Crippen molar-refractivity contribution in [1.29, 1.82) is 0 Å². The molecule has 4 rings (SSSR count). The Labute approximate surface area is 152 Å². The zero-order valence-corrected chi connectivity index (χ0v) is 14.6. The number of hydrogen-bond donors (Lipinski definition) is 1. The zero-order chi connectivity index (χ0) is 17.9. The summed E-state index contributed by atoms with van der Waals surface area (Å²) >= 11 is 0. The van der Waals surface area contributed by atoms with Crippen molar-refractivity contribution >= 4 is 23.2 Å². The first-order valence-electron chi connectivity index (χ1n) is 8.77. The van der Waals surface area contributed by atoms with Gasteiger partial charge in [-0.3, -0.25) is 4.79 Å². The maximum atomic E-state index is 13.0. The van der Waals surface area contributed by atoms with Crippen LogP contribution in [0.15, 0.2) is 60.8 Å². The number of carbonyl (C=O) groups excluding carboxylic acids is 1. The van der Waals surface area contributed by atoms with Crippen molar-refractivity contribution in [2.45, 2.75) is 19.8 Å². The van der Waals surface area contributed by atoms with Crippen LogP contribution in [0.3, 0.4) is 0 Å². The van der Waals surface area contributed by atoms with Crippen LogP contribution in [0.5, 0.6) is 0 Å². The quantitative estimate of drug-likeness (QED) is 0.776. The highest BCUT2D eigenvalue weighted by Crippen LogP contribution is 2.28. The van der Waals surface area contributed by atoms with Gasteiger partial charge in [-0.2, -0.15) is 0 Å². The number of carbonyl (C=O) groups is 1. The number of aromatic nitrogens is 2. The Hall–Kier alpha value is -3.21. The highest BCUT2D eigenvalue weighted by molar-refractivity contribution is 6.05. The molecule has 0 saturated carbocycles. The van der Waals surface area contributed by atoms with E-state index >= 15 is 0 Å². The normalized spacial score (nSPS) is 13.2. The molecule has 26 heavy (non-hydrogen) atoms. The molecule has 2 aromatic carbocycles. The number of benzene rings is 2. The fourth-order valence-corrected chi connectivity index (χ4v) is 3.19. The van der Waals surface area contributed by atoms with Crippen LogP contribution >= 0.6 is 0 Å². The minimum absolute atomic E-state index is 0.0912. The topological polar surface area (TPSA) is 58.1 Å². The van der Waals surface area contributed by atoms with E-state index in [0.29, 0.717) is 18.2 Å². The van der Waals surface area contributed by atoms with Crippen LogP contribution in [0, 0.1) is 6.92 Å². The second-order valence-electron chi connectivity index (χ2n) is 6.45. The summed E-state index contributed by atoms with van der Waals surface area (Å²) in [6.45, 7) is 2.75. The Morgan fingerprint density at radius 1 is 1.08 bits per heavy atom. The number of hydrogen-bond acceptors (Lipinski definition) is 4. The van der Waals surface area contributed by atoms with E-state index in [4.69, 9.17) is 0 Å². The summed E-state index contributed by atoms with van der Waals surface area (Å²) in [6.07, 6.45) is 3.58. The van der Waals surface area contributed by atoms with Gasteiger partial charge in [0.05, 0.1) is 0 Å². The van der Waals surface area contributed by atoms with Crippen LogP contribution in [0.25, 0.3) is 0 Å². The van der Waals surface area contributed by atoms with Crippen molar-refractivity contribution in [3.63, 3.8) is 0 Å². The Bertz CT molecular complexity index is 937. The molecule has 1 aliphatic rings. The molecule has 0 atom stereocenters. The van der Waals surface area contributed by atoms with Crippen molar-refractivity contribution in [3.8, 4) is 0 Å². The van der Waals surface area contributed by atoms with Crippen LogP contribution < -0.4 is 10.2 Å². The predicted molar refractivity (Wildman–Crippen MR) is 103 cm³/mol. The molecule has 0 fully saturated rings. The zero-order valence-electron chi connectivity index (χ0n) is 14.6. The van der Waals surface area contributed by atoms with E-state index in [-0.39, 0.29) is 5.91 Å². The fourth-order valence-electron chi connectivity index (χ4n) is 3.19. The third-order valence-corrected chi connectivity index (χ3v) is 4.54. The number of rotatable bonds is 3. The van der Waals surface area contributed by atoms with Crippen molar-refractivity contribution in [2.24, 2.45) is 0 Å². The van der Waals surface area contributed by atoms with Crippen LogP contribution in [0.4, 0.5) is 17.3 Å². The summed E-state index contributed by atoms with van der Waals surface area (Å²) in [5, 5.41) is 3.16. The van der Waals surface area contributed by atoms with Crippen molar-refractivity contribution in [1.82, 2.24) is 9.97 Å². The van der Waals surface area contributed by atoms with Gasteiger partial charge in [0.2, 0.25) is 5.95 Å². The van der Waals surface area contributed by atoms with Crippen LogP contribution in [-0.4, -0.2) is 22.4 Å². The van der Waals surface area contributed by atoms with Crippen molar-refractivity contribution in [2.75, 3.05) is 16.8 Å². The van der Waals surface area contributed by atoms with E-state index < -0.39 is 0 Å². The molecule has 3 aromatic rings. The fraction of sp³-hybridized carbons (Fsp3) is 0.190. The van der Waals surface area contributed by atoms with Gasteiger partial charge >= 0.3 is 0 Å². The van der Waals surface area contributed by atoms with E-state index in [0.717, 1.165) is 24.2 Å². The maximum Gasteiger partial charge on any atom is 0.277 e. The smallest absolute Gasteiger partial charge is 0.277 e. The molecule has 0 unspecified atom stereocenters. The van der Waals surface area contributed by atoms with Crippen LogP contribution in [0.2, 0.25) is 0 Å². The lowest BCUT2D eigenvalue weighted by Gasteiger charge is -2.29. The largest absolute Gasteiger partial charge is 0.324 e. The number of anilines is 3. The molecule has 0 saturated heterocycles. The summed E-state index contributed by atoms with van der Waals surface area (Å²) in [5.41, 5.74) is 4.66. The van der Waals surface area contributed by atoms with Gasteiger partial charge < -0.3 is 10.2 Å². The highest BCUT2D eigenvalue weighted by Gasteiger charge is 2.24. The van der Waals surface area contributed by atoms with Gasteiger partial charge in [0.25, 0.3) is 5.91 Å². The number of nitrogens with one attached hydrogen (secondary N) is 1. The number of amides is 1. The summed E-state index contributed by atoms with van der Waals surface area (Å²) in [4.78, 5) is 23.5. The summed E-state index contributed by atoms with van der Waals surface area (Å²) in [5.74, 6) is 0.330. The van der Waals surface area contributed by atoms with Crippen LogP contribution in [-0.2, 0) is 6.42 Å². The molecule has 1 amide bonds. The minimum atomic E-state index is -0.0912. The molecule has 130 valence electrons. The molecular weight excluding hydrogens is 324 g/mol. The first-order chi connectivity index (χ1) is 12.7. The number of fused-ring (bicyclic) bond motifs is 1. The second kappa shape index (κ2) is 6.96. The van der Waals surface area contributed by atoms with E-state index in [1.54, 1.807) is 12.3 Å². The van der Waals surface area contributed by atoms with E-state index in [1.165, 1.54) is 11.1 Å². The van der Waals surface area contributed by atoms with Crippen molar-refractivity contribution in [3.05, 3.63) is 77.6 Å². The van der Waals surface area contributed by atoms with Gasteiger partial charge in [-0.25, -0.2) is 9.97 Å². The number of para-hydroxylation sites is 1. The number of aryl methyl sites for hydroxylation is 2. The third kappa shape index (κ3) is 3.28. The lowest BCUT2D eigenvalue weighted by atomic mass is 10.0. The molecule has 2 heterocycles. The average Bonchev–Trinajstić information content (AvgIpc) is 2.69. The molecule has 1 aliphatic heterocycles. The Balaban J connectivity index is 1.59. The summed E-state index contributed by atoms with van der Waals surface area (Å²) in [6, 6.07) is 17.7. The first-order valence-corrected chi connectivity index (χ1v) is 8.77. The van der Waals surface area contributed by atoms with Gasteiger partial charge in [-0.15, -0.1) is 0 Å². The molecule has 5 nitrogen and oxygen atoms in total. The summed E-state index contributed by atoms with van der Waals surface area (Å²) < 4.78 is 0. The molecule has 5 heteroatoms. The number of nitrogens with zero attached hydrogens (tertiary/aromatic N) is 3. The molecule has 0 spiro atoms.